The molecule has 3 aromatic rings. The Labute approximate surface area is 194 Å². The smallest absolute Gasteiger partial charge is 0.308 e. The number of fused-ring (bicyclic) bond motifs is 2. The molecule has 1 N–H and O–H groups in total. The number of aryl methyl sites for hydroxylation is 1. The van der Waals surface area contributed by atoms with E-state index in [1.807, 2.05) is 55.5 Å². The van der Waals surface area contributed by atoms with Crippen molar-refractivity contribution < 1.29 is 18.4 Å². The zero-order chi connectivity index (χ0) is 23.2. The maximum atomic E-state index is 13.9. The second-order valence-electron chi connectivity index (χ2n) is 8.10. The topological polar surface area (TPSA) is 52.7 Å². The molecule has 0 aromatic heterocycles. The molecule has 168 valence electrons. The van der Waals surface area contributed by atoms with Gasteiger partial charge in [-0.1, -0.05) is 42.0 Å². The van der Waals surface area contributed by atoms with E-state index in [-0.39, 0.29) is 18.5 Å². The lowest BCUT2D eigenvalue weighted by atomic mass is 10.1. The summed E-state index contributed by atoms with van der Waals surface area (Å²) >= 11 is 1.41. The monoisotopic (exact) mass is 465 g/mol. The van der Waals surface area contributed by atoms with Crippen molar-refractivity contribution in [3.8, 4) is 0 Å². The van der Waals surface area contributed by atoms with E-state index >= 15 is 0 Å². The first kappa shape index (κ1) is 21.5. The zero-order valence-corrected chi connectivity index (χ0v) is 18.7. The van der Waals surface area contributed by atoms with E-state index in [9.17, 15) is 18.4 Å². The number of para-hydroxylation sites is 1. The number of halogens is 2. The Morgan fingerprint density at radius 1 is 1.06 bits per heavy atom. The van der Waals surface area contributed by atoms with Crippen molar-refractivity contribution in [2.45, 2.75) is 18.3 Å². The van der Waals surface area contributed by atoms with E-state index in [1.54, 1.807) is 9.80 Å². The Morgan fingerprint density at radius 3 is 2.58 bits per heavy atom. The molecule has 3 aromatic carbocycles. The lowest BCUT2D eigenvalue weighted by Gasteiger charge is -2.33. The highest BCUT2D eigenvalue weighted by atomic mass is 32.2. The fourth-order valence-corrected chi connectivity index (χ4v) is 5.83. The van der Waals surface area contributed by atoms with E-state index in [0.29, 0.717) is 29.2 Å². The van der Waals surface area contributed by atoms with Gasteiger partial charge < -0.3 is 10.2 Å². The van der Waals surface area contributed by atoms with Crippen LogP contribution in [0.2, 0.25) is 0 Å². The van der Waals surface area contributed by atoms with Crippen LogP contribution in [0.1, 0.15) is 16.7 Å². The van der Waals surface area contributed by atoms with Crippen molar-refractivity contribution in [3.05, 3.63) is 95.1 Å². The molecule has 2 aliphatic heterocycles. The van der Waals surface area contributed by atoms with Crippen LogP contribution < -0.4 is 10.2 Å². The van der Waals surface area contributed by atoms with Gasteiger partial charge in [0.25, 0.3) is 5.91 Å². The van der Waals surface area contributed by atoms with Crippen LogP contribution in [0.4, 0.5) is 25.0 Å². The van der Waals surface area contributed by atoms with Gasteiger partial charge in [-0.2, -0.15) is 0 Å². The van der Waals surface area contributed by atoms with Crippen molar-refractivity contribution in [2.75, 3.05) is 22.5 Å². The quantitative estimate of drug-likeness (QED) is 0.575. The third-order valence-corrected chi connectivity index (χ3v) is 7.39. The second-order valence-corrected chi connectivity index (χ2v) is 9.38. The number of carbonyl (C=O) groups is 2. The second kappa shape index (κ2) is 8.19. The Bertz CT molecular complexity index is 1250. The highest BCUT2D eigenvalue weighted by Crippen LogP contribution is 2.54. The minimum absolute atomic E-state index is 0.0722. The van der Waals surface area contributed by atoms with Crippen molar-refractivity contribution in [2.24, 2.45) is 0 Å². The third kappa shape index (κ3) is 3.54. The van der Waals surface area contributed by atoms with E-state index in [2.05, 4.69) is 5.32 Å². The molecule has 0 bridgehead atoms. The van der Waals surface area contributed by atoms with Crippen LogP contribution in [-0.2, 0) is 16.2 Å². The fourth-order valence-electron chi connectivity index (χ4n) is 4.37. The number of hydrogen-bond donors (Lipinski definition) is 1. The van der Waals surface area contributed by atoms with Gasteiger partial charge in [0.1, 0.15) is 0 Å². The normalized spacial score (nSPS) is 19.3. The number of carbonyl (C=O) groups excluding carboxylic acids is 2. The summed E-state index contributed by atoms with van der Waals surface area (Å²) in [7, 11) is 0. The van der Waals surface area contributed by atoms with Crippen LogP contribution in [-0.4, -0.2) is 29.1 Å². The molecule has 0 aliphatic carbocycles. The van der Waals surface area contributed by atoms with Crippen molar-refractivity contribution >= 4 is 35.1 Å². The van der Waals surface area contributed by atoms with Gasteiger partial charge in [0.05, 0.1) is 12.2 Å². The molecule has 0 unspecified atom stereocenters. The Hall–Kier alpha value is -3.39. The predicted octanol–water partition coefficient (Wildman–Crippen LogP) is 5.25. The van der Waals surface area contributed by atoms with Gasteiger partial charge in [0, 0.05) is 23.5 Å². The van der Waals surface area contributed by atoms with Crippen LogP contribution in [0, 0.1) is 18.6 Å². The first-order valence-electron chi connectivity index (χ1n) is 10.5. The largest absolute Gasteiger partial charge is 0.323 e. The van der Waals surface area contributed by atoms with Gasteiger partial charge in [0.2, 0.25) is 0 Å². The number of anilines is 2. The van der Waals surface area contributed by atoms with E-state index in [4.69, 9.17) is 0 Å². The number of urea groups is 1. The molecule has 1 saturated heterocycles. The molecule has 0 radical (unpaired) electrons. The van der Waals surface area contributed by atoms with Crippen molar-refractivity contribution in [1.29, 1.82) is 0 Å². The highest BCUT2D eigenvalue weighted by molar-refractivity contribution is 8.01. The van der Waals surface area contributed by atoms with Crippen LogP contribution in [0.3, 0.4) is 0 Å². The fraction of sp³-hybridized carbons (Fsp3) is 0.200. The number of benzene rings is 3. The Kier molecular flexibility index (Phi) is 5.32. The average molecular weight is 466 g/mol. The molecule has 2 aliphatic rings. The summed E-state index contributed by atoms with van der Waals surface area (Å²) in [6.45, 7) is 2.44. The molecule has 3 amide bonds. The van der Waals surface area contributed by atoms with Gasteiger partial charge in [-0.15, -0.1) is 11.8 Å². The van der Waals surface area contributed by atoms with Gasteiger partial charge in [0.15, 0.2) is 16.5 Å². The first-order chi connectivity index (χ1) is 15.9. The molecule has 2 heterocycles. The maximum absolute atomic E-state index is 13.9. The molecule has 5 nitrogen and oxygen atoms in total. The number of thioether (sulfide) groups is 1. The highest BCUT2D eigenvalue weighted by Gasteiger charge is 2.59. The number of nitrogens with one attached hydrogen (secondary N) is 1. The first-order valence-corrected chi connectivity index (χ1v) is 11.5. The van der Waals surface area contributed by atoms with E-state index < -0.39 is 16.5 Å². The van der Waals surface area contributed by atoms with Crippen LogP contribution >= 0.6 is 11.8 Å². The summed E-state index contributed by atoms with van der Waals surface area (Å²) in [6, 6.07) is 18.0. The summed E-state index contributed by atoms with van der Waals surface area (Å²) in [5, 5.41) is 2.90. The van der Waals surface area contributed by atoms with E-state index in [1.165, 1.54) is 17.8 Å². The summed E-state index contributed by atoms with van der Waals surface area (Å²) in [6.07, 6.45) is 0. The van der Waals surface area contributed by atoms with Crippen LogP contribution in [0.5, 0.6) is 0 Å². The molecular formula is C25H21F2N3O2S. The van der Waals surface area contributed by atoms with Gasteiger partial charge in [-0.05, 0) is 42.8 Å². The molecule has 1 spiro atoms. The lowest BCUT2D eigenvalue weighted by molar-refractivity contribution is -0.123. The number of amides is 3. The minimum atomic E-state index is -1.20. The molecule has 1 fully saturated rings. The van der Waals surface area contributed by atoms with Crippen molar-refractivity contribution in [1.82, 2.24) is 4.90 Å². The standard InChI is InChI=1S/C25H21F2N3O2S/c1-16-6-9-18(10-7-16)28-24(32)30-12-13-33-25(30)19-4-2-3-5-22(19)29(23(25)31)15-17-8-11-20(26)21(27)14-17/h2-11,14H,12-13,15H2,1H3,(H,28,32)/t25-/m1/s1. The lowest BCUT2D eigenvalue weighted by Crippen LogP contribution is -2.51. The Balaban J connectivity index is 1.49. The molecule has 33 heavy (non-hydrogen) atoms. The SMILES string of the molecule is Cc1ccc(NC(=O)N2CCS[C@]23C(=O)N(Cc2ccc(F)c(F)c2)c2ccccc23)cc1. The summed E-state index contributed by atoms with van der Waals surface area (Å²) in [5.41, 5.74) is 3.57. The summed E-state index contributed by atoms with van der Waals surface area (Å²) in [4.78, 5) is 29.1. The van der Waals surface area contributed by atoms with Gasteiger partial charge in [-0.25, -0.2) is 13.6 Å². The Morgan fingerprint density at radius 2 is 1.82 bits per heavy atom. The minimum Gasteiger partial charge on any atom is -0.308 e. The van der Waals surface area contributed by atoms with Gasteiger partial charge >= 0.3 is 6.03 Å². The summed E-state index contributed by atoms with van der Waals surface area (Å²) < 4.78 is 27.2. The number of nitrogens with zero attached hydrogens (tertiary/aromatic N) is 2. The van der Waals surface area contributed by atoms with Crippen LogP contribution in [0.15, 0.2) is 66.7 Å². The van der Waals surface area contributed by atoms with Crippen molar-refractivity contribution in [3.63, 3.8) is 0 Å². The maximum Gasteiger partial charge on any atom is 0.323 e. The van der Waals surface area contributed by atoms with Gasteiger partial charge in [-0.3, -0.25) is 9.69 Å². The molecular weight excluding hydrogens is 444 g/mol. The van der Waals surface area contributed by atoms with Crippen LogP contribution in [0.25, 0.3) is 0 Å². The number of rotatable bonds is 3. The average Bonchev–Trinajstić information content (AvgIpc) is 3.35. The molecule has 5 rings (SSSR count). The third-order valence-electron chi connectivity index (χ3n) is 5.97. The van der Waals surface area contributed by atoms with E-state index in [0.717, 1.165) is 23.3 Å². The summed E-state index contributed by atoms with van der Waals surface area (Å²) in [5.74, 6) is -1.57. The predicted molar refractivity (Wildman–Crippen MR) is 125 cm³/mol. The molecule has 0 saturated carbocycles. The zero-order valence-electron chi connectivity index (χ0n) is 17.8. The number of hydrogen-bond acceptors (Lipinski definition) is 3. The molecule has 8 heteroatoms. The molecule has 1 atom stereocenters.